The number of nitrogens with zero attached hydrogens (tertiary/aromatic N) is 1. The molecule has 0 aliphatic heterocycles. The fourth-order valence-electron chi connectivity index (χ4n) is 1.16. The van der Waals surface area contributed by atoms with E-state index in [0.29, 0.717) is 0 Å². The minimum Gasteiger partial charge on any atom is -0.282 e. The largest absolute Gasteiger partial charge is 0.282 e. The number of rotatable bonds is 3. The van der Waals surface area contributed by atoms with Gasteiger partial charge in [-0.15, -0.1) is 0 Å². The Kier molecular flexibility index (Phi) is 3.46. The highest BCUT2D eigenvalue weighted by Crippen LogP contribution is 2.26. The zero-order chi connectivity index (χ0) is 9.14. The van der Waals surface area contributed by atoms with Crippen molar-refractivity contribution in [2.75, 3.05) is 0 Å². The van der Waals surface area contributed by atoms with Gasteiger partial charge in [0.1, 0.15) is 0 Å². The molecule has 0 amide bonds. The van der Waals surface area contributed by atoms with Gasteiger partial charge in [-0.25, -0.2) is 0 Å². The van der Waals surface area contributed by atoms with Crippen molar-refractivity contribution in [1.82, 2.24) is 3.97 Å². The normalized spacial score (nSPS) is 9.83. The lowest BCUT2D eigenvalue weighted by molar-refractivity contribution is 1.26. The molecule has 1 nitrogen and oxygen atoms in total. The Morgan fingerprint density at radius 2 is 2.17 bits per heavy atom. The van der Waals surface area contributed by atoms with Crippen LogP contribution in [0.5, 0.6) is 0 Å². The molecule has 0 unspecified atom stereocenters. The van der Waals surface area contributed by atoms with E-state index in [9.17, 15) is 0 Å². The molecule has 0 N–H and O–H groups in total. The van der Waals surface area contributed by atoms with E-state index in [1.807, 2.05) is 12.2 Å². The van der Waals surface area contributed by atoms with Crippen molar-refractivity contribution in [2.24, 2.45) is 0 Å². The molecule has 0 atom stereocenters. The summed E-state index contributed by atoms with van der Waals surface area (Å²) in [6.45, 7) is 9.63. The molecular formula is C9H10INS. The van der Waals surface area contributed by atoms with Gasteiger partial charge in [0.2, 0.25) is 0 Å². The van der Waals surface area contributed by atoms with Gasteiger partial charge < -0.3 is 0 Å². The maximum Gasteiger partial charge on any atom is 0.0595 e. The first kappa shape index (κ1) is 9.92. The second-order valence-corrected chi connectivity index (χ2v) is 4.13. The van der Waals surface area contributed by atoms with Crippen LogP contribution < -0.4 is 0 Å². The second kappa shape index (κ2) is 4.18. The number of aryl methyl sites for hydroxylation is 1. The van der Waals surface area contributed by atoms with Gasteiger partial charge in [-0.3, -0.25) is 3.97 Å². The number of halogens is 1. The van der Waals surface area contributed by atoms with Crippen LogP contribution in [0.15, 0.2) is 19.4 Å². The first-order valence-corrected chi connectivity index (χ1v) is 6.82. The quantitative estimate of drug-likeness (QED) is 0.764. The third-order valence-corrected chi connectivity index (χ3v) is 3.44. The third-order valence-electron chi connectivity index (χ3n) is 1.72. The van der Waals surface area contributed by atoms with Crippen LogP contribution >= 0.6 is 30.3 Å². The van der Waals surface area contributed by atoms with E-state index in [1.54, 1.807) is 9.12 Å². The predicted molar refractivity (Wildman–Crippen MR) is 66.4 cm³/mol. The molecule has 64 valence electrons. The topological polar surface area (TPSA) is 4.93 Å². The summed E-state index contributed by atoms with van der Waals surface area (Å²) >= 11 is 2.25. The Labute approximate surface area is 89.3 Å². The summed E-state index contributed by atoms with van der Waals surface area (Å²) in [5.74, 6) is 0. The average Bonchev–Trinajstić information content (AvgIpc) is 2.40. The summed E-state index contributed by atoms with van der Waals surface area (Å²) in [5, 5.41) is 0. The third kappa shape index (κ3) is 1.61. The highest BCUT2D eigenvalue weighted by atomic mass is 127. The van der Waals surface area contributed by atoms with E-state index in [0.717, 1.165) is 5.69 Å². The van der Waals surface area contributed by atoms with E-state index in [4.69, 9.17) is 0 Å². The van der Waals surface area contributed by atoms with Crippen molar-refractivity contribution in [3.8, 4) is 0 Å². The predicted octanol–water partition coefficient (Wildman–Crippen LogP) is 3.93. The molecule has 1 rings (SSSR count). The summed E-state index contributed by atoms with van der Waals surface area (Å²) in [4.78, 5) is 0. The van der Waals surface area contributed by atoms with Gasteiger partial charge in [0, 0.05) is 42.1 Å². The molecule has 0 spiro atoms. The van der Waals surface area contributed by atoms with Gasteiger partial charge in [-0.05, 0) is 18.6 Å². The Balaban J connectivity index is 3.34. The van der Waals surface area contributed by atoms with Crippen LogP contribution in [0.1, 0.15) is 16.8 Å². The fourth-order valence-corrected chi connectivity index (χ4v) is 2.58. The van der Waals surface area contributed by atoms with Crippen LogP contribution in [0.25, 0.3) is 12.2 Å². The van der Waals surface area contributed by atoms with Crippen molar-refractivity contribution in [2.45, 2.75) is 6.92 Å². The first-order chi connectivity index (χ1) is 5.74. The van der Waals surface area contributed by atoms with Crippen molar-refractivity contribution >= 4 is 42.5 Å². The zero-order valence-corrected chi connectivity index (χ0v) is 9.85. The van der Waals surface area contributed by atoms with Gasteiger partial charge in [0.05, 0.1) is 5.69 Å². The maximum absolute atomic E-state index is 3.78. The fraction of sp³-hybridized carbons (Fsp3) is 0.111. The molecule has 1 aromatic heterocycles. The van der Waals surface area contributed by atoms with Crippen LogP contribution in [-0.4, -0.2) is 3.97 Å². The van der Waals surface area contributed by atoms with Crippen LogP contribution in [0.4, 0.5) is 0 Å². The Morgan fingerprint density at radius 1 is 1.50 bits per heavy atom. The number of aromatic nitrogens is 1. The van der Waals surface area contributed by atoms with Crippen molar-refractivity contribution in [3.63, 3.8) is 0 Å². The Bertz CT molecular complexity index is 315. The Morgan fingerprint density at radius 3 is 2.58 bits per heavy atom. The van der Waals surface area contributed by atoms with E-state index in [2.05, 4.69) is 51.5 Å². The standard InChI is InChI=1S/C9H10INS/c1-4-8-7(3)6-11(12-10)9(8)5-2/h4-6H,1-2H2,3H3. The smallest absolute Gasteiger partial charge is 0.0595 e. The van der Waals surface area contributed by atoms with Gasteiger partial charge >= 0.3 is 0 Å². The molecule has 0 saturated carbocycles. The van der Waals surface area contributed by atoms with Crippen LogP contribution in [0.3, 0.4) is 0 Å². The maximum atomic E-state index is 3.78. The molecule has 0 aliphatic rings. The summed E-state index contributed by atoms with van der Waals surface area (Å²) in [7, 11) is 1.64. The lowest BCUT2D eigenvalue weighted by atomic mass is 10.1. The zero-order valence-electron chi connectivity index (χ0n) is 6.88. The lowest BCUT2D eigenvalue weighted by Gasteiger charge is -1.98. The molecule has 1 heterocycles. The van der Waals surface area contributed by atoms with E-state index >= 15 is 0 Å². The van der Waals surface area contributed by atoms with Gasteiger partial charge in [-0.1, -0.05) is 19.2 Å². The average molecular weight is 291 g/mol. The monoisotopic (exact) mass is 291 g/mol. The van der Waals surface area contributed by atoms with Crippen LogP contribution in [-0.2, 0) is 0 Å². The van der Waals surface area contributed by atoms with Gasteiger partial charge in [0.15, 0.2) is 0 Å². The molecule has 0 aliphatic carbocycles. The van der Waals surface area contributed by atoms with Crippen LogP contribution in [0, 0.1) is 6.92 Å². The van der Waals surface area contributed by atoms with Gasteiger partial charge in [-0.2, -0.15) is 0 Å². The van der Waals surface area contributed by atoms with E-state index in [-0.39, 0.29) is 0 Å². The van der Waals surface area contributed by atoms with Crippen molar-refractivity contribution < 1.29 is 0 Å². The number of hydrogen-bond acceptors (Lipinski definition) is 1. The Hall–Kier alpha value is -0.160. The molecular weight excluding hydrogens is 281 g/mol. The lowest BCUT2D eigenvalue weighted by Crippen LogP contribution is -1.83. The molecule has 0 radical (unpaired) electrons. The summed E-state index contributed by atoms with van der Waals surface area (Å²) in [5.41, 5.74) is 3.54. The molecule has 12 heavy (non-hydrogen) atoms. The molecule has 0 saturated heterocycles. The van der Waals surface area contributed by atoms with Crippen molar-refractivity contribution in [3.05, 3.63) is 36.2 Å². The highest BCUT2D eigenvalue weighted by molar-refractivity contribution is 14.2. The summed E-state index contributed by atoms with van der Waals surface area (Å²) in [6, 6.07) is 0. The van der Waals surface area contributed by atoms with Crippen LogP contribution in [0.2, 0.25) is 0 Å². The molecule has 1 aromatic rings. The number of hydrogen-bond donors (Lipinski definition) is 0. The van der Waals surface area contributed by atoms with E-state index < -0.39 is 0 Å². The SMILES string of the molecule is C=Cc1c(C)cn(SI)c1C=C. The summed E-state index contributed by atoms with van der Waals surface area (Å²) in [6.07, 6.45) is 5.82. The second-order valence-electron chi connectivity index (χ2n) is 2.41. The molecule has 0 bridgehead atoms. The van der Waals surface area contributed by atoms with E-state index in [1.165, 1.54) is 11.1 Å². The molecule has 0 aromatic carbocycles. The van der Waals surface area contributed by atoms with Crippen molar-refractivity contribution in [1.29, 1.82) is 0 Å². The summed E-state index contributed by atoms with van der Waals surface area (Å²) < 4.78 is 2.08. The molecule has 0 fully saturated rings. The van der Waals surface area contributed by atoms with Gasteiger partial charge in [0.25, 0.3) is 0 Å². The first-order valence-electron chi connectivity index (χ1n) is 3.50. The minimum absolute atomic E-state index is 1.13. The minimum atomic E-state index is 1.13. The highest BCUT2D eigenvalue weighted by Gasteiger charge is 2.06. The molecule has 3 heteroatoms.